The minimum atomic E-state index is 0.0732. The fraction of sp³-hybridized carbons (Fsp3) is 0.588. The first-order valence-electron chi connectivity index (χ1n) is 7.91. The Kier molecular flexibility index (Phi) is 4.27. The summed E-state index contributed by atoms with van der Waals surface area (Å²) in [6.07, 6.45) is 3.23. The molecule has 0 unspecified atom stereocenters. The summed E-state index contributed by atoms with van der Waals surface area (Å²) in [5.74, 6) is 0.0732. The lowest BCUT2D eigenvalue weighted by atomic mass is 9.74. The molecule has 1 atom stereocenters. The number of amides is 1. The number of likely N-dealkylation sites (N-methyl/N-ethyl adjacent to an activating group) is 1. The minimum Gasteiger partial charge on any atom is -0.381 e. The van der Waals surface area contributed by atoms with Gasteiger partial charge in [0.1, 0.15) is 0 Å². The van der Waals surface area contributed by atoms with Crippen LogP contribution >= 0.6 is 0 Å². The Hall–Kier alpha value is -1.39. The van der Waals surface area contributed by atoms with E-state index in [0.29, 0.717) is 13.1 Å². The highest BCUT2D eigenvalue weighted by Gasteiger charge is 2.46. The zero-order chi connectivity index (χ0) is 14.7. The van der Waals surface area contributed by atoms with Crippen LogP contribution in [0.25, 0.3) is 0 Å². The van der Waals surface area contributed by atoms with E-state index in [4.69, 9.17) is 4.74 Å². The summed E-state index contributed by atoms with van der Waals surface area (Å²) in [7, 11) is 0. The Balaban J connectivity index is 1.80. The Labute approximate surface area is 126 Å². The van der Waals surface area contributed by atoms with Crippen LogP contribution in [-0.4, -0.2) is 32.2 Å². The lowest BCUT2D eigenvalue weighted by molar-refractivity contribution is -0.120. The van der Waals surface area contributed by atoms with Crippen LogP contribution in [0.15, 0.2) is 24.3 Å². The van der Waals surface area contributed by atoms with E-state index >= 15 is 0 Å². The van der Waals surface area contributed by atoms with Gasteiger partial charge in [-0.15, -0.1) is 0 Å². The predicted octanol–water partition coefficient (Wildman–Crippen LogP) is 1.81. The average Bonchev–Trinajstić information content (AvgIpc) is 2.79. The molecule has 4 heteroatoms. The van der Waals surface area contributed by atoms with E-state index in [1.165, 1.54) is 11.1 Å². The quantitative estimate of drug-likeness (QED) is 0.888. The number of fused-ring (bicyclic) bond motifs is 1. The number of carbonyl (C=O) groups excluding carboxylic acids is 1. The maximum atomic E-state index is 11.8. The molecule has 4 nitrogen and oxygen atoms in total. The van der Waals surface area contributed by atoms with Crippen molar-refractivity contribution in [2.24, 2.45) is 5.41 Å². The molecule has 2 aliphatic rings. The molecule has 3 rings (SSSR count). The van der Waals surface area contributed by atoms with Crippen LogP contribution in [0.1, 0.15) is 36.9 Å². The first-order valence-corrected chi connectivity index (χ1v) is 7.91. The molecule has 1 fully saturated rings. The van der Waals surface area contributed by atoms with Crippen molar-refractivity contribution in [3.63, 3.8) is 0 Å². The smallest absolute Gasteiger partial charge is 0.233 e. The third-order valence-electron chi connectivity index (χ3n) is 4.85. The standard InChI is InChI=1S/C17H24N2O2/c1-2-18-15(20)12-19-16-14-6-4-3-5-13(14)11-17(16)7-9-21-10-8-17/h3-6,16,19H,2,7-12H2,1H3,(H,18,20)/t16-/m1/s1. The number of benzene rings is 1. The zero-order valence-corrected chi connectivity index (χ0v) is 12.7. The van der Waals surface area contributed by atoms with Crippen molar-refractivity contribution in [1.29, 1.82) is 0 Å². The van der Waals surface area contributed by atoms with Crippen LogP contribution in [0.5, 0.6) is 0 Å². The van der Waals surface area contributed by atoms with Crippen LogP contribution in [0, 0.1) is 5.41 Å². The van der Waals surface area contributed by atoms with E-state index in [1.807, 2.05) is 6.92 Å². The molecule has 1 aromatic rings. The van der Waals surface area contributed by atoms with Gasteiger partial charge in [-0.2, -0.15) is 0 Å². The largest absolute Gasteiger partial charge is 0.381 e. The van der Waals surface area contributed by atoms with Gasteiger partial charge in [-0.05, 0) is 42.7 Å². The molecule has 1 aliphatic carbocycles. The molecule has 114 valence electrons. The maximum absolute atomic E-state index is 11.8. The average molecular weight is 288 g/mol. The molecule has 1 aromatic carbocycles. The Bertz CT molecular complexity index is 509. The van der Waals surface area contributed by atoms with Crippen molar-refractivity contribution < 1.29 is 9.53 Å². The monoisotopic (exact) mass is 288 g/mol. The van der Waals surface area contributed by atoms with Gasteiger partial charge in [-0.3, -0.25) is 4.79 Å². The molecule has 0 bridgehead atoms. The van der Waals surface area contributed by atoms with Gasteiger partial charge in [0, 0.05) is 25.8 Å². The van der Waals surface area contributed by atoms with Crippen LogP contribution in [0.2, 0.25) is 0 Å². The van der Waals surface area contributed by atoms with Crippen molar-refractivity contribution in [3.05, 3.63) is 35.4 Å². The fourth-order valence-electron chi connectivity index (χ4n) is 3.81. The van der Waals surface area contributed by atoms with Crippen molar-refractivity contribution >= 4 is 5.91 Å². The highest BCUT2D eigenvalue weighted by molar-refractivity contribution is 5.78. The number of hydrogen-bond donors (Lipinski definition) is 2. The van der Waals surface area contributed by atoms with Crippen LogP contribution in [0.3, 0.4) is 0 Å². The Morgan fingerprint density at radius 1 is 1.33 bits per heavy atom. The van der Waals surface area contributed by atoms with Crippen molar-refractivity contribution in [1.82, 2.24) is 10.6 Å². The highest BCUT2D eigenvalue weighted by Crippen LogP contribution is 2.51. The van der Waals surface area contributed by atoms with E-state index in [-0.39, 0.29) is 17.4 Å². The number of ether oxygens (including phenoxy) is 1. The molecule has 0 saturated carbocycles. The molecule has 1 amide bonds. The van der Waals surface area contributed by atoms with Crippen LogP contribution < -0.4 is 10.6 Å². The van der Waals surface area contributed by atoms with E-state index < -0.39 is 0 Å². The van der Waals surface area contributed by atoms with Crippen molar-refractivity contribution in [2.45, 2.75) is 32.2 Å². The van der Waals surface area contributed by atoms with Gasteiger partial charge in [0.25, 0.3) is 0 Å². The summed E-state index contributed by atoms with van der Waals surface area (Å²) in [6.45, 7) is 4.67. The third kappa shape index (κ3) is 2.83. The van der Waals surface area contributed by atoms with Crippen LogP contribution in [0.4, 0.5) is 0 Å². The van der Waals surface area contributed by atoms with Gasteiger partial charge < -0.3 is 15.4 Å². The van der Waals surface area contributed by atoms with E-state index in [2.05, 4.69) is 34.9 Å². The van der Waals surface area contributed by atoms with Crippen molar-refractivity contribution in [3.8, 4) is 0 Å². The topological polar surface area (TPSA) is 50.4 Å². The Morgan fingerprint density at radius 2 is 2.10 bits per heavy atom. The van der Waals surface area contributed by atoms with E-state index in [1.54, 1.807) is 0 Å². The van der Waals surface area contributed by atoms with Crippen molar-refractivity contribution in [2.75, 3.05) is 26.3 Å². The molecule has 1 aliphatic heterocycles. The van der Waals surface area contributed by atoms with E-state index in [0.717, 1.165) is 32.5 Å². The summed E-state index contributed by atoms with van der Waals surface area (Å²) in [5, 5.41) is 6.37. The third-order valence-corrected chi connectivity index (χ3v) is 4.85. The lowest BCUT2D eigenvalue weighted by Crippen LogP contribution is -2.43. The van der Waals surface area contributed by atoms with Gasteiger partial charge in [-0.25, -0.2) is 0 Å². The lowest BCUT2D eigenvalue weighted by Gasteiger charge is -2.39. The first-order chi connectivity index (χ1) is 10.2. The molecule has 1 heterocycles. The van der Waals surface area contributed by atoms with Gasteiger partial charge in [0.05, 0.1) is 6.54 Å². The number of nitrogens with one attached hydrogen (secondary N) is 2. The number of carbonyl (C=O) groups is 1. The highest BCUT2D eigenvalue weighted by atomic mass is 16.5. The first kappa shape index (κ1) is 14.5. The van der Waals surface area contributed by atoms with Crippen LogP contribution in [-0.2, 0) is 16.0 Å². The number of hydrogen-bond acceptors (Lipinski definition) is 3. The molecule has 1 saturated heterocycles. The SMILES string of the molecule is CCNC(=O)CN[C@@H]1c2ccccc2CC12CCOCC2. The van der Waals surface area contributed by atoms with E-state index in [9.17, 15) is 4.79 Å². The summed E-state index contributed by atoms with van der Waals surface area (Å²) >= 11 is 0. The Morgan fingerprint density at radius 3 is 2.86 bits per heavy atom. The molecule has 0 aromatic heterocycles. The second kappa shape index (κ2) is 6.16. The summed E-state index contributed by atoms with van der Waals surface area (Å²) in [5.41, 5.74) is 3.01. The maximum Gasteiger partial charge on any atom is 0.233 e. The van der Waals surface area contributed by atoms with Gasteiger partial charge in [0.2, 0.25) is 5.91 Å². The minimum absolute atomic E-state index is 0.0732. The second-order valence-corrected chi connectivity index (χ2v) is 6.12. The van der Waals surface area contributed by atoms with Gasteiger partial charge in [-0.1, -0.05) is 24.3 Å². The fourth-order valence-corrected chi connectivity index (χ4v) is 3.81. The molecular formula is C17H24N2O2. The molecule has 1 spiro atoms. The predicted molar refractivity (Wildman–Crippen MR) is 82.1 cm³/mol. The zero-order valence-electron chi connectivity index (χ0n) is 12.7. The molecular weight excluding hydrogens is 264 g/mol. The summed E-state index contributed by atoms with van der Waals surface area (Å²) in [4.78, 5) is 11.8. The molecule has 21 heavy (non-hydrogen) atoms. The summed E-state index contributed by atoms with van der Waals surface area (Å²) < 4.78 is 5.56. The number of rotatable bonds is 4. The van der Waals surface area contributed by atoms with Gasteiger partial charge >= 0.3 is 0 Å². The normalized spacial score (nSPS) is 23.0. The molecule has 0 radical (unpaired) electrons. The summed E-state index contributed by atoms with van der Waals surface area (Å²) in [6, 6.07) is 8.89. The second-order valence-electron chi connectivity index (χ2n) is 6.12. The molecule has 2 N–H and O–H groups in total. The van der Waals surface area contributed by atoms with Gasteiger partial charge in [0.15, 0.2) is 0 Å².